The third-order valence-corrected chi connectivity index (χ3v) is 7.47. The first-order chi connectivity index (χ1) is 18.5. The van der Waals surface area contributed by atoms with Crippen molar-refractivity contribution in [3.63, 3.8) is 0 Å². The third kappa shape index (κ3) is 4.63. The molecule has 0 saturated carbocycles. The maximum Gasteiger partial charge on any atom is 0.172 e. The quantitative estimate of drug-likeness (QED) is 0.346. The van der Waals surface area contributed by atoms with Gasteiger partial charge in [0.05, 0.1) is 49.1 Å². The van der Waals surface area contributed by atoms with Crippen LogP contribution in [-0.4, -0.2) is 80.6 Å². The van der Waals surface area contributed by atoms with E-state index in [-0.39, 0.29) is 23.9 Å². The Labute approximate surface area is 218 Å². The van der Waals surface area contributed by atoms with Gasteiger partial charge in [0.15, 0.2) is 5.82 Å². The van der Waals surface area contributed by atoms with Crippen LogP contribution in [0.25, 0.3) is 16.8 Å². The largest absolute Gasteiger partial charge is 0.488 e. The molecule has 0 bridgehead atoms. The van der Waals surface area contributed by atoms with Gasteiger partial charge in [0.2, 0.25) is 0 Å². The van der Waals surface area contributed by atoms with E-state index >= 15 is 0 Å². The third-order valence-electron chi connectivity index (χ3n) is 7.47. The summed E-state index contributed by atoms with van der Waals surface area (Å²) in [4.78, 5) is 6.57. The van der Waals surface area contributed by atoms with Crippen LogP contribution in [0, 0.1) is 18.6 Å². The number of nitrogens with zero attached hydrogens (tertiary/aromatic N) is 7. The van der Waals surface area contributed by atoms with Gasteiger partial charge in [0.1, 0.15) is 35.5 Å². The van der Waals surface area contributed by atoms with Crippen molar-refractivity contribution in [1.82, 2.24) is 34.5 Å². The van der Waals surface area contributed by atoms with Gasteiger partial charge in [-0.2, -0.15) is 5.10 Å². The zero-order chi connectivity index (χ0) is 26.2. The number of rotatable bonds is 8. The molecule has 0 aromatic carbocycles. The molecule has 1 unspecified atom stereocenters. The highest BCUT2D eigenvalue weighted by atomic mass is 19.1. The summed E-state index contributed by atoms with van der Waals surface area (Å²) in [6, 6.07) is 5.39. The SMILES string of the molecule is COC(COc1cc(-c2nnn(C3CCN(C4COC4)CC3)c2C)cn2ncc(F)c12)c1ccc(F)cn1. The van der Waals surface area contributed by atoms with Crippen LogP contribution in [0.15, 0.2) is 36.8 Å². The Bertz CT molecular complexity index is 1410. The molecule has 38 heavy (non-hydrogen) atoms. The van der Waals surface area contributed by atoms with Gasteiger partial charge in [-0.25, -0.2) is 18.0 Å². The molecule has 200 valence electrons. The number of piperidine rings is 1. The number of hydrogen-bond donors (Lipinski definition) is 0. The van der Waals surface area contributed by atoms with Crippen molar-refractivity contribution in [3.8, 4) is 17.0 Å². The van der Waals surface area contributed by atoms with Gasteiger partial charge in [-0.15, -0.1) is 5.10 Å². The molecule has 0 aliphatic carbocycles. The average Bonchev–Trinajstić information content (AvgIpc) is 3.47. The second-order valence-electron chi connectivity index (χ2n) is 9.74. The number of methoxy groups -OCH3 is 1. The molecule has 10 nitrogen and oxygen atoms in total. The minimum Gasteiger partial charge on any atom is -0.488 e. The number of likely N-dealkylation sites (tertiary alicyclic amines) is 1. The van der Waals surface area contributed by atoms with Gasteiger partial charge in [0.25, 0.3) is 0 Å². The van der Waals surface area contributed by atoms with Crippen molar-refractivity contribution in [2.24, 2.45) is 0 Å². The molecule has 0 amide bonds. The lowest BCUT2D eigenvalue weighted by Gasteiger charge is -2.41. The van der Waals surface area contributed by atoms with Crippen LogP contribution in [0.2, 0.25) is 0 Å². The lowest BCUT2D eigenvalue weighted by molar-refractivity contribution is -0.0735. The van der Waals surface area contributed by atoms with E-state index in [4.69, 9.17) is 14.2 Å². The van der Waals surface area contributed by atoms with Gasteiger partial charge >= 0.3 is 0 Å². The van der Waals surface area contributed by atoms with E-state index in [1.54, 1.807) is 12.3 Å². The minimum absolute atomic E-state index is 0.0369. The van der Waals surface area contributed by atoms with Crippen molar-refractivity contribution < 1.29 is 23.0 Å². The molecule has 2 saturated heterocycles. The summed E-state index contributed by atoms with van der Waals surface area (Å²) in [5.74, 6) is -0.668. The van der Waals surface area contributed by atoms with Crippen LogP contribution in [-0.2, 0) is 9.47 Å². The molecule has 2 aliphatic heterocycles. The van der Waals surface area contributed by atoms with Gasteiger partial charge in [-0.1, -0.05) is 5.21 Å². The maximum absolute atomic E-state index is 14.7. The van der Waals surface area contributed by atoms with E-state index < -0.39 is 17.7 Å². The first-order valence-corrected chi connectivity index (χ1v) is 12.7. The van der Waals surface area contributed by atoms with Crippen LogP contribution in [0.4, 0.5) is 8.78 Å². The molecule has 12 heteroatoms. The smallest absolute Gasteiger partial charge is 0.172 e. The maximum atomic E-state index is 14.7. The molecule has 1 atom stereocenters. The number of fused-ring (bicyclic) bond motifs is 1. The molecule has 0 N–H and O–H groups in total. The molecule has 6 heterocycles. The summed E-state index contributed by atoms with van der Waals surface area (Å²) in [6.07, 6.45) is 5.40. The van der Waals surface area contributed by atoms with E-state index in [9.17, 15) is 8.78 Å². The molecule has 0 radical (unpaired) electrons. The second-order valence-corrected chi connectivity index (χ2v) is 9.74. The lowest BCUT2D eigenvalue weighted by atomic mass is 10.0. The lowest BCUT2D eigenvalue weighted by Crippen LogP contribution is -2.52. The minimum atomic E-state index is -0.578. The molecule has 2 fully saturated rings. The standard InChI is InChI=1S/C26H29F2N7O3/c1-16-25(31-32-35(16)19-5-7-33(8-6-19)20-13-37-14-20)17-9-23(26-21(28)11-30-34(26)12-17)38-15-24(36-2)22-4-3-18(27)10-29-22/h3-4,9-12,19-20,24H,5-8,13-15H2,1-2H3. The van der Waals surface area contributed by atoms with E-state index in [1.165, 1.54) is 23.8 Å². The number of ether oxygens (including phenoxy) is 3. The Morgan fingerprint density at radius 3 is 2.63 bits per heavy atom. The fourth-order valence-electron chi connectivity index (χ4n) is 5.19. The Morgan fingerprint density at radius 2 is 1.95 bits per heavy atom. The molecule has 4 aromatic heterocycles. The Hall–Kier alpha value is -3.48. The first kappa shape index (κ1) is 24.8. The van der Waals surface area contributed by atoms with Crippen molar-refractivity contribution >= 4 is 5.52 Å². The predicted octanol–water partition coefficient (Wildman–Crippen LogP) is 3.38. The van der Waals surface area contributed by atoms with Crippen molar-refractivity contribution in [2.45, 2.75) is 38.0 Å². The Morgan fingerprint density at radius 1 is 1.13 bits per heavy atom. The van der Waals surface area contributed by atoms with E-state index in [2.05, 4.69) is 25.3 Å². The number of halogens is 2. The highest BCUT2D eigenvalue weighted by Crippen LogP contribution is 2.33. The normalized spacial score (nSPS) is 18.1. The van der Waals surface area contributed by atoms with E-state index in [1.807, 2.05) is 11.6 Å². The summed E-state index contributed by atoms with van der Waals surface area (Å²) in [7, 11) is 1.51. The molecular formula is C26H29F2N7O3. The van der Waals surface area contributed by atoms with Crippen LogP contribution < -0.4 is 4.74 Å². The summed E-state index contributed by atoms with van der Waals surface area (Å²) >= 11 is 0. The van der Waals surface area contributed by atoms with Gasteiger partial charge in [0, 0.05) is 32.0 Å². The predicted molar refractivity (Wildman–Crippen MR) is 133 cm³/mol. The van der Waals surface area contributed by atoms with E-state index in [0.717, 1.165) is 57.2 Å². The van der Waals surface area contributed by atoms with Crippen LogP contribution in [0.5, 0.6) is 5.75 Å². The van der Waals surface area contributed by atoms with Crippen LogP contribution in [0.3, 0.4) is 0 Å². The molecule has 2 aliphatic rings. The highest BCUT2D eigenvalue weighted by Gasteiger charge is 2.31. The second kappa shape index (κ2) is 10.4. The first-order valence-electron chi connectivity index (χ1n) is 12.7. The van der Waals surface area contributed by atoms with Crippen LogP contribution >= 0.6 is 0 Å². The summed E-state index contributed by atoms with van der Waals surface area (Å²) in [6.45, 7) is 5.69. The summed E-state index contributed by atoms with van der Waals surface area (Å²) < 4.78 is 48.3. The number of pyridine rings is 2. The summed E-state index contributed by atoms with van der Waals surface area (Å²) in [5.41, 5.74) is 3.03. The molecule has 4 aromatic rings. The number of hydrogen-bond acceptors (Lipinski definition) is 8. The van der Waals surface area contributed by atoms with Crippen molar-refractivity contribution in [1.29, 1.82) is 0 Å². The number of aromatic nitrogens is 6. The monoisotopic (exact) mass is 525 g/mol. The zero-order valence-electron chi connectivity index (χ0n) is 21.3. The molecular weight excluding hydrogens is 496 g/mol. The topological polar surface area (TPSA) is 91.8 Å². The fourth-order valence-corrected chi connectivity index (χ4v) is 5.19. The van der Waals surface area contributed by atoms with Crippen molar-refractivity contribution in [2.75, 3.05) is 40.0 Å². The van der Waals surface area contributed by atoms with Gasteiger partial charge < -0.3 is 14.2 Å². The van der Waals surface area contributed by atoms with Crippen molar-refractivity contribution in [3.05, 3.63) is 59.8 Å². The highest BCUT2D eigenvalue weighted by molar-refractivity contribution is 5.70. The molecule has 6 rings (SSSR count). The average molecular weight is 526 g/mol. The van der Waals surface area contributed by atoms with Crippen LogP contribution in [0.1, 0.15) is 36.4 Å². The Balaban J connectivity index is 1.24. The van der Waals surface area contributed by atoms with E-state index in [0.29, 0.717) is 23.0 Å². The fraction of sp³-hybridized carbons (Fsp3) is 0.462. The zero-order valence-corrected chi connectivity index (χ0v) is 21.3. The van der Waals surface area contributed by atoms with Gasteiger partial charge in [-0.05, 0) is 38.0 Å². The van der Waals surface area contributed by atoms with Gasteiger partial charge in [-0.3, -0.25) is 9.88 Å². The summed E-state index contributed by atoms with van der Waals surface area (Å²) in [5, 5.41) is 13.1. The Kier molecular flexibility index (Phi) is 6.76. The molecule has 0 spiro atoms.